The van der Waals surface area contributed by atoms with Crippen molar-refractivity contribution in [3.05, 3.63) is 53.1 Å². The molecule has 2 aliphatic rings. The van der Waals surface area contributed by atoms with Gasteiger partial charge in [-0.2, -0.15) is 0 Å². The molecule has 1 saturated heterocycles. The van der Waals surface area contributed by atoms with Gasteiger partial charge in [-0.1, -0.05) is 17.5 Å². The zero-order valence-electron chi connectivity index (χ0n) is 30.5. The van der Waals surface area contributed by atoms with E-state index in [2.05, 4.69) is 20.8 Å². The van der Waals surface area contributed by atoms with Crippen molar-refractivity contribution in [2.75, 3.05) is 77.4 Å². The molecular weight excluding hydrogens is 704 g/mol. The Morgan fingerprint density at radius 3 is 2.42 bits per heavy atom. The van der Waals surface area contributed by atoms with Crippen LogP contribution in [0, 0.1) is 12.3 Å². The summed E-state index contributed by atoms with van der Waals surface area (Å²) in [5.74, 6) is 2.96. The molecular formula is C38H49ClN6O8. The van der Waals surface area contributed by atoms with Crippen LogP contribution >= 0.6 is 11.6 Å². The molecule has 5 rings (SSSR count). The van der Waals surface area contributed by atoms with Gasteiger partial charge in [0, 0.05) is 43.8 Å². The number of terminal acetylenes is 1. The number of rotatable bonds is 20. The normalized spacial score (nSPS) is 15.0. The number of fused-ring (bicyclic) bond motifs is 3. The number of hydrogen-bond donors (Lipinski definition) is 1. The van der Waals surface area contributed by atoms with Crippen LogP contribution < -0.4 is 10.2 Å². The highest BCUT2D eigenvalue weighted by Gasteiger charge is 2.53. The lowest BCUT2D eigenvalue weighted by atomic mass is 9.74. The van der Waals surface area contributed by atoms with Crippen LogP contribution in [0.1, 0.15) is 50.9 Å². The van der Waals surface area contributed by atoms with Crippen LogP contribution in [0.15, 0.2) is 36.7 Å². The molecule has 3 aromatic rings. The molecule has 3 amide bonds. The van der Waals surface area contributed by atoms with E-state index in [1.54, 1.807) is 28.3 Å². The Morgan fingerprint density at radius 2 is 1.72 bits per heavy atom. The molecule has 2 aliphatic heterocycles. The first-order chi connectivity index (χ1) is 25.7. The Balaban J connectivity index is 1.11. The van der Waals surface area contributed by atoms with Gasteiger partial charge in [0.15, 0.2) is 0 Å². The maximum Gasteiger partial charge on any atom is 0.410 e. The third-order valence-corrected chi connectivity index (χ3v) is 9.45. The van der Waals surface area contributed by atoms with Crippen molar-refractivity contribution < 1.29 is 38.1 Å². The SMILES string of the molecule is C#CCOCCOCCOCCOCCNC(=O)CCCn1c(CN2C(=O)C3(CCN(C(=O)OC(C)C)CC3)c3ccncc32)nc2cc(Cl)ccc21. The molecule has 0 aliphatic carbocycles. The van der Waals surface area contributed by atoms with Crippen LogP contribution in [0.5, 0.6) is 0 Å². The number of halogens is 1. The van der Waals surface area contributed by atoms with Crippen LogP contribution in [-0.4, -0.2) is 116 Å². The molecule has 1 N–H and O–H groups in total. The van der Waals surface area contributed by atoms with Crippen molar-refractivity contribution in [3.63, 3.8) is 0 Å². The molecule has 1 aromatic carbocycles. The molecule has 1 fully saturated rings. The lowest BCUT2D eigenvalue weighted by Gasteiger charge is -2.38. The Kier molecular flexibility index (Phi) is 14.9. The van der Waals surface area contributed by atoms with Crippen molar-refractivity contribution in [2.45, 2.75) is 64.1 Å². The maximum absolute atomic E-state index is 14.4. The third kappa shape index (κ3) is 10.5. The van der Waals surface area contributed by atoms with Gasteiger partial charge in [0.25, 0.3) is 0 Å². The number of hydrogen-bond acceptors (Lipinski definition) is 10. The number of carbonyl (C=O) groups is 3. The van der Waals surface area contributed by atoms with Gasteiger partial charge in [-0.25, -0.2) is 9.78 Å². The zero-order valence-corrected chi connectivity index (χ0v) is 31.3. The first-order valence-electron chi connectivity index (χ1n) is 18.1. The van der Waals surface area contributed by atoms with Crippen molar-refractivity contribution in [1.82, 2.24) is 24.8 Å². The number of benzene rings is 1. The smallest absolute Gasteiger partial charge is 0.410 e. The van der Waals surface area contributed by atoms with E-state index in [-0.39, 0.29) is 37.2 Å². The fourth-order valence-corrected chi connectivity index (χ4v) is 6.85. The third-order valence-electron chi connectivity index (χ3n) is 9.22. The summed E-state index contributed by atoms with van der Waals surface area (Å²) in [7, 11) is 0. The first kappa shape index (κ1) is 39.9. The van der Waals surface area contributed by atoms with Gasteiger partial charge >= 0.3 is 6.09 Å². The van der Waals surface area contributed by atoms with Crippen molar-refractivity contribution in [2.24, 2.45) is 0 Å². The lowest BCUT2D eigenvalue weighted by molar-refractivity contribution is -0.125. The average Bonchev–Trinajstić information content (AvgIpc) is 3.59. The Labute approximate surface area is 315 Å². The molecule has 0 bridgehead atoms. The van der Waals surface area contributed by atoms with Crippen LogP contribution in [0.2, 0.25) is 5.02 Å². The summed E-state index contributed by atoms with van der Waals surface area (Å²) >= 11 is 6.34. The highest BCUT2D eigenvalue weighted by Crippen LogP contribution is 2.48. The maximum atomic E-state index is 14.4. The van der Waals surface area contributed by atoms with E-state index in [1.807, 2.05) is 32.0 Å². The van der Waals surface area contributed by atoms with E-state index in [1.165, 1.54) is 0 Å². The number of likely N-dealkylation sites (tertiary alicyclic amines) is 1. The predicted molar refractivity (Wildman–Crippen MR) is 199 cm³/mol. The minimum atomic E-state index is -0.768. The molecule has 53 heavy (non-hydrogen) atoms. The summed E-state index contributed by atoms with van der Waals surface area (Å²) in [5.41, 5.74) is 2.47. The Hall–Kier alpha value is -4.26. The second-order valence-electron chi connectivity index (χ2n) is 13.1. The van der Waals surface area contributed by atoms with Crippen LogP contribution in [0.4, 0.5) is 10.5 Å². The number of aryl methyl sites for hydroxylation is 1. The fraction of sp³-hybridized carbons (Fsp3) is 0.553. The molecule has 286 valence electrons. The van der Waals surface area contributed by atoms with Gasteiger partial charge in [0.1, 0.15) is 12.4 Å². The van der Waals surface area contributed by atoms with Crippen molar-refractivity contribution in [1.29, 1.82) is 0 Å². The first-order valence-corrected chi connectivity index (χ1v) is 18.5. The quantitative estimate of drug-likeness (QED) is 0.132. The number of anilines is 1. The van der Waals surface area contributed by atoms with Gasteiger partial charge in [-0.05, 0) is 62.9 Å². The highest BCUT2D eigenvalue weighted by molar-refractivity contribution is 6.31. The largest absolute Gasteiger partial charge is 0.447 e. The number of imidazole rings is 1. The lowest BCUT2D eigenvalue weighted by Crippen LogP contribution is -2.50. The number of amides is 3. The van der Waals surface area contributed by atoms with Crippen LogP contribution in [0.3, 0.4) is 0 Å². The number of carbonyl (C=O) groups excluding carboxylic acids is 3. The van der Waals surface area contributed by atoms with Gasteiger partial charge in [0.2, 0.25) is 11.8 Å². The number of ether oxygens (including phenoxy) is 5. The standard InChI is InChI=1S/C38H49ClN6O8/c1-4-17-49-19-21-51-23-24-52-22-20-50-18-13-41-35(46)6-5-14-44-32-8-7-29(39)25-31(32)42-34(44)27-45-33-26-40-12-9-30(33)38(36(45)47)10-15-43(16-11-38)37(48)53-28(2)3/h1,7-9,12,25-26,28H,5-6,10-11,13-24,27H2,2-3H3,(H,41,46). The summed E-state index contributed by atoms with van der Waals surface area (Å²) in [6.45, 7) is 8.89. The molecule has 0 saturated carbocycles. The minimum absolute atomic E-state index is 0.0328. The van der Waals surface area contributed by atoms with Gasteiger partial charge in [0.05, 0.1) is 87.2 Å². The predicted octanol–water partition coefficient (Wildman–Crippen LogP) is 4.11. The summed E-state index contributed by atoms with van der Waals surface area (Å²) in [4.78, 5) is 52.4. The summed E-state index contributed by atoms with van der Waals surface area (Å²) in [5, 5.41) is 3.46. The number of aromatic nitrogens is 3. The molecule has 2 aromatic heterocycles. The molecule has 15 heteroatoms. The van der Waals surface area contributed by atoms with Gasteiger partial charge < -0.3 is 43.4 Å². The topological polar surface area (TPSA) is 147 Å². The molecule has 0 atom stereocenters. The van der Waals surface area contributed by atoms with Crippen molar-refractivity contribution in [3.8, 4) is 12.3 Å². The second-order valence-corrected chi connectivity index (χ2v) is 13.6. The molecule has 1 spiro atoms. The summed E-state index contributed by atoms with van der Waals surface area (Å²) in [6.07, 6.45) is 9.79. The number of pyridine rings is 1. The average molecular weight is 753 g/mol. The summed E-state index contributed by atoms with van der Waals surface area (Å²) in [6, 6.07) is 7.44. The van der Waals surface area contributed by atoms with Gasteiger partial charge in [-0.3, -0.25) is 14.6 Å². The zero-order chi connectivity index (χ0) is 37.6. The molecule has 0 unspecified atom stereocenters. The highest BCUT2D eigenvalue weighted by atomic mass is 35.5. The van der Waals surface area contributed by atoms with E-state index in [0.29, 0.717) is 114 Å². The molecule has 14 nitrogen and oxygen atoms in total. The molecule has 4 heterocycles. The number of nitrogens with one attached hydrogen (secondary N) is 1. The van der Waals surface area contributed by atoms with E-state index >= 15 is 0 Å². The molecule has 0 radical (unpaired) electrons. The Morgan fingerprint density at radius 1 is 1.02 bits per heavy atom. The number of piperidine rings is 1. The monoisotopic (exact) mass is 752 g/mol. The van der Waals surface area contributed by atoms with E-state index in [0.717, 1.165) is 16.8 Å². The van der Waals surface area contributed by atoms with E-state index in [9.17, 15) is 14.4 Å². The van der Waals surface area contributed by atoms with Crippen LogP contribution in [-0.2, 0) is 51.8 Å². The van der Waals surface area contributed by atoms with Crippen molar-refractivity contribution >= 4 is 46.2 Å². The minimum Gasteiger partial charge on any atom is -0.447 e. The fourth-order valence-electron chi connectivity index (χ4n) is 6.68. The van der Waals surface area contributed by atoms with E-state index < -0.39 is 5.41 Å². The van der Waals surface area contributed by atoms with Crippen LogP contribution in [0.25, 0.3) is 11.0 Å². The Bertz CT molecular complexity index is 1730. The number of nitrogens with zero attached hydrogens (tertiary/aromatic N) is 5. The van der Waals surface area contributed by atoms with Gasteiger partial charge in [-0.15, -0.1) is 6.42 Å². The second kappa shape index (κ2) is 19.7. The van der Waals surface area contributed by atoms with E-state index in [4.69, 9.17) is 46.7 Å². The summed E-state index contributed by atoms with van der Waals surface area (Å²) < 4.78 is 29.0.